The summed E-state index contributed by atoms with van der Waals surface area (Å²) in [6, 6.07) is 19.6. The number of hydrogen-bond acceptors (Lipinski definition) is 5. The number of amides is 1. The van der Waals surface area contributed by atoms with Gasteiger partial charge in [-0.25, -0.2) is 4.68 Å². The molecule has 0 spiro atoms. The average molecular weight is 525 g/mol. The van der Waals surface area contributed by atoms with Crippen LogP contribution in [0.1, 0.15) is 70.6 Å². The maximum absolute atomic E-state index is 13.4. The van der Waals surface area contributed by atoms with E-state index >= 15 is 0 Å². The summed E-state index contributed by atoms with van der Waals surface area (Å²) >= 11 is 0. The molecule has 1 unspecified atom stereocenters. The number of nitrogens with zero attached hydrogens (tertiary/aromatic N) is 4. The monoisotopic (exact) mass is 524 g/mol. The van der Waals surface area contributed by atoms with Gasteiger partial charge in [0.15, 0.2) is 0 Å². The first kappa shape index (κ1) is 25.1. The second-order valence-electron chi connectivity index (χ2n) is 10.5. The molecule has 1 aromatic heterocycles. The Labute approximate surface area is 227 Å². The predicted octanol–water partition coefficient (Wildman–Crippen LogP) is 5.19. The van der Waals surface area contributed by atoms with Crippen molar-refractivity contribution in [2.75, 3.05) is 13.2 Å². The van der Waals surface area contributed by atoms with Gasteiger partial charge >= 0.3 is 5.97 Å². The number of benzene rings is 3. The number of carboxylic acids is 1. The van der Waals surface area contributed by atoms with Crippen LogP contribution < -0.4 is 4.74 Å². The maximum atomic E-state index is 13.4. The van der Waals surface area contributed by atoms with Crippen molar-refractivity contribution in [3.8, 4) is 5.75 Å². The fraction of sp³-hybridized carbons (Fsp3) is 0.355. The number of carboxylic acid groups (broad SMARTS) is 1. The summed E-state index contributed by atoms with van der Waals surface area (Å²) in [6.45, 7) is 2.52. The van der Waals surface area contributed by atoms with Gasteiger partial charge in [0.1, 0.15) is 11.3 Å². The van der Waals surface area contributed by atoms with Gasteiger partial charge in [0.05, 0.1) is 18.5 Å². The Morgan fingerprint density at radius 1 is 0.949 bits per heavy atom. The van der Waals surface area contributed by atoms with Crippen LogP contribution in [0.15, 0.2) is 60.7 Å². The molecule has 1 amide bonds. The van der Waals surface area contributed by atoms with E-state index in [1.54, 1.807) is 0 Å². The number of ether oxygens (including phenoxy) is 1. The third-order valence-electron chi connectivity index (χ3n) is 7.87. The Bertz CT molecular complexity index is 1530. The van der Waals surface area contributed by atoms with Crippen molar-refractivity contribution in [1.82, 2.24) is 19.9 Å². The minimum atomic E-state index is -0.859. The Balaban J connectivity index is 1.38. The molecule has 1 N–H and O–H groups in total. The van der Waals surface area contributed by atoms with Crippen molar-refractivity contribution in [2.45, 2.75) is 57.5 Å². The zero-order chi connectivity index (χ0) is 26.8. The Kier molecular flexibility index (Phi) is 7.00. The third kappa shape index (κ3) is 5.37. The van der Waals surface area contributed by atoms with Gasteiger partial charge in [0.25, 0.3) is 5.91 Å². The third-order valence-corrected chi connectivity index (χ3v) is 7.87. The minimum Gasteiger partial charge on any atom is -0.494 e. The molecular weight excluding hydrogens is 492 g/mol. The lowest BCUT2D eigenvalue weighted by atomic mass is 9.85. The number of aromatic nitrogens is 3. The molecule has 4 aromatic rings. The lowest BCUT2D eigenvalue weighted by Gasteiger charge is -2.30. The number of aliphatic carboxylic acids is 1. The maximum Gasteiger partial charge on any atom is 0.304 e. The molecule has 1 atom stereocenters. The summed E-state index contributed by atoms with van der Waals surface area (Å²) in [5.41, 5.74) is 6.43. The van der Waals surface area contributed by atoms with Crippen molar-refractivity contribution in [3.05, 3.63) is 88.5 Å². The van der Waals surface area contributed by atoms with E-state index in [-0.39, 0.29) is 18.2 Å². The van der Waals surface area contributed by atoms with Crippen molar-refractivity contribution in [3.63, 3.8) is 0 Å². The summed E-state index contributed by atoms with van der Waals surface area (Å²) in [4.78, 5) is 27.2. The van der Waals surface area contributed by atoms with E-state index in [1.165, 1.54) is 5.56 Å². The van der Waals surface area contributed by atoms with Gasteiger partial charge in [-0.2, -0.15) is 0 Å². The van der Waals surface area contributed by atoms with Gasteiger partial charge in [-0.3, -0.25) is 9.59 Å². The van der Waals surface area contributed by atoms with Crippen LogP contribution in [0.25, 0.3) is 11.0 Å². The lowest BCUT2D eigenvalue weighted by molar-refractivity contribution is -0.137. The van der Waals surface area contributed by atoms with Gasteiger partial charge < -0.3 is 14.7 Å². The highest BCUT2D eigenvalue weighted by Gasteiger charge is 2.25. The van der Waals surface area contributed by atoms with E-state index in [9.17, 15) is 14.7 Å². The number of carbonyl (C=O) groups excluding carboxylic acids is 1. The number of aryl methyl sites for hydroxylation is 1. The number of rotatable bonds is 2. The fourth-order valence-electron chi connectivity index (χ4n) is 5.75. The molecule has 4 heterocycles. The zero-order valence-corrected chi connectivity index (χ0v) is 21.9. The minimum absolute atomic E-state index is 0.0192. The lowest BCUT2D eigenvalue weighted by Crippen LogP contribution is -2.36. The van der Waals surface area contributed by atoms with Gasteiger partial charge in [-0.1, -0.05) is 42.0 Å². The van der Waals surface area contributed by atoms with Crippen LogP contribution in [-0.2, 0) is 24.3 Å². The first-order valence-corrected chi connectivity index (χ1v) is 13.7. The van der Waals surface area contributed by atoms with Gasteiger partial charge in [-0.05, 0) is 78.3 Å². The van der Waals surface area contributed by atoms with Gasteiger partial charge in [-0.15, -0.1) is 5.10 Å². The van der Waals surface area contributed by atoms with E-state index in [2.05, 4.69) is 22.4 Å². The second-order valence-corrected chi connectivity index (χ2v) is 10.5. The summed E-state index contributed by atoms with van der Waals surface area (Å²) in [7, 11) is 0. The van der Waals surface area contributed by atoms with Crippen molar-refractivity contribution < 1.29 is 19.4 Å². The topological polar surface area (TPSA) is 97.6 Å². The van der Waals surface area contributed by atoms with Crippen LogP contribution in [-0.4, -0.2) is 50.0 Å². The summed E-state index contributed by atoms with van der Waals surface area (Å²) < 4.78 is 7.90. The first-order chi connectivity index (χ1) is 19.0. The van der Waals surface area contributed by atoms with E-state index in [0.29, 0.717) is 31.0 Å². The zero-order valence-electron chi connectivity index (χ0n) is 21.9. The van der Waals surface area contributed by atoms with Crippen LogP contribution in [0.5, 0.6) is 5.75 Å². The molecule has 7 rings (SSSR count). The van der Waals surface area contributed by atoms with Crippen LogP contribution >= 0.6 is 0 Å². The number of fused-ring (bicyclic) bond motifs is 7. The molecule has 0 radical (unpaired) electrons. The molecule has 0 fully saturated rings. The number of carbonyl (C=O) groups is 2. The van der Waals surface area contributed by atoms with Crippen LogP contribution in [0.4, 0.5) is 0 Å². The molecule has 3 aliphatic rings. The molecule has 0 saturated carbocycles. The molecule has 8 nitrogen and oxygen atoms in total. The molecule has 200 valence electrons. The summed E-state index contributed by atoms with van der Waals surface area (Å²) in [5, 5.41) is 18.5. The largest absolute Gasteiger partial charge is 0.494 e. The van der Waals surface area contributed by atoms with E-state index < -0.39 is 5.97 Å². The molecule has 39 heavy (non-hydrogen) atoms. The summed E-state index contributed by atoms with van der Waals surface area (Å²) in [6.07, 6.45) is 4.74. The highest BCUT2D eigenvalue weighted by molar-refractivity contribution is 5.94. The van der Waals surface area contributed by atoms with Crippen molar-refractivity contribution in [2.24, 2.45) is 0 Å². The normalized spacial score (nSPS) is 18.1. The molecular formula is C31H32N4O4. The molecule has 8 heteroatoms. The average Bonchev–Trinajstić information content (AvgIpc) is 3.36. The Morgan fingerprint density at radius 3 is 2.69 bits per heavy atom. The first-order valence-electron chi connectivity index (χ1n) is 13.7. The molecule has 9 bridgehead atoms. The quantitative estimate of drug-likeness (QED) is 0.388. The van der Waals surface area contributed by atoms with E-state index in [4.69, 9.17) is 4.74 Å². The van der Waals surface area contributed by atoms with E-state index in [1.807, 2.05) is 58.1 Å². The van der Waals surface area contributed by atoms with Crippen molar-refractivity contribution >= 4 is 22.9 Å². The fourth-order valence-corrected chi connectivity index (χ4v) is 5.75. The van der Waals surface area contributed by atoms with Crippen molar-refractivity contribution in [1.29, 1.82) is 0 Å². The SMILES string of the molecule is O=C(O)CC1c2ccc3c(c2)CN(CC3)C(=O)c2cccc(c2)OCCCCCCn2nnc3cc1ccc32. The predicted molar refractivity (Wildman–Crippen MR) is 147 cm³/mol. The van der Waals surface area contributed by atoms with Crippen LogP contribution in [0, 0.1) is 0 Å². The highest BCUT2D eigenvalue weighted by Crippen LogP contribution is 2.33. The second kappa shape index (κ2) is 10.9. The standard InChI is InChI=1S/C31H32N4O4/c36-30(37)19-27-22-9-8-21-12-14-34(20-25(21)16-22)31(38)24-6-5-7-26(17-24)39-15-4-2-1-3-13-35-29-11-10-23(27)18-28(29)32-33-35/h5-11,16-18,27H,1-4,12-15,19-20H2,(H,36,37). The Morgan fingerprint density at radius 2 is 1.79 bits per heavy atom. The van der Waals surface area contributed by atoms with Gasteiger partial charge in [0, 0.05) is 31.1 Å². The smallest absolute Gasteiger partial charge is 0.304 e. The van der Waals surface area contributed by atoms with Crippen LogP contribution in [0.2, 0.25) is 0 Å². The molecule has 0 aliphatic carbocycles. The van der Waals surface area contributed by atoms with Crippen LogP contribution in [0.3, 0.4) is 0 Å². The summed E-state index contributed by atoms with van der Waals surface area (Å²) in [5.74, 6) is -0.497. The van der Waals surface area contributed by atoms with E-state index in [0.717, 1.165) is 66.4 Å². The molecule has 3 aliphatic heterocycles. The number of hydrogen-bond donors (Lipinski definition) is 1. The van der Waals surface area contributed by atoms with Gasteiger partial charge in [0.2, 0.25) is 0 Å². The highest BCUT2D eigenvalue weighted by atomic mass is 16.5. The molecule has 0 saturated heterocycles. The Hall–Kier alpha value is -4.20. The molecule has 3 aromatic carbocycles.